The van der Waals surface area contributed by atoms with Gasteiger partial charge < -0.3 is 14.7 Å². The Morgan fingerprint density at radius 2 is 2.00 bits per heavy atom. The second-order valence-electron chi connectivity index (χ2n) is 8.71. The summed E-state index contributed by atoms with van der Waals surface area (Å²) in [6.45, 7) is 2.89. The minimum Gasteiger partial charge on any atom is -0.493 e. The zero-order valence-corrected chi connectivity index (χ0v) is 19.2. The van der Waals surface area contributed by atoms with Gasteiger partial charge in [-0.3, -0.25) is 4.57 Å². The first-order valence-electron chi connectivity index (χ1n) is 11.0. The summed E-state index contributed by atoms with van der Waals surface area (Å²) in [5.41, 5.74) is 1.07. The van der Waals surface area contributed by atoms with Crippen molar-refractivity contribution in [1.82, 2.24) is 14.5 Å². The first kappa shape index (κ1) is 22.9. The number of aliphatic hydroxyl groups excluding tert-OH is 1. The molecular weight excluding hydrogens is 469 g/mol. The van der Waals surface area contributed by atoms with Crippen LogP contribution in [0.2, 0.25) is 0 Å². The normalized spacial score (nSPS) is 18.1. The molecule has 7 nitrogen and oxygen atoms in total. The summed E-state index contributed by atoms with van der Waals surface area (Å²) in [5, 5.41) is 10.7. The van der Waals surface area contributed by atoms with Crippen LogP contribution in [0.25, 0.3) is 0 Å². The third-order valence-corrected chi connectivity index (χ3v) is 7.15. The Hall–Kier alpha value is -2.92. The second kappa shape index (κ2) is 8.70. The van der Waals surface area contributed by atoms with Crippen LogP contribution in [0.15, 0.2) is 35.1 Å². The second-order valence-corrected chi connectivity index (χ2v) is 9.88. The molecule has 0 bridgehead atoms. The van der Waals surface area contributed by atoms with Gasteiger partial charge in [0.1, 0.15) is 16.5 Å². The van der Waals surface area contributed by atoms with Crippen LogP contribution >= 0.6 is 11.3 Å². The van der Waals surface area contributed by atoms with Crippen LogP contribution in [0, 0.1) is 12.8 Å². The van der Waals surface area contributed by atoms with Gasteiger partial charge in [0, 0.05) is 11.4 Å². The zero-order valence-electron chi connectivity index (χ0n) is 18.4. The van der Waals surface area contributed by atoms with Crippen molar-refractivity contribution in [2.45, 2.75) is 45.1 Å². The van der Waals surface area contributed by atoms with Gasteiger partial charge in [0.05, 0.1) is 25.8 Å². The number of nitrogens with zero attached hydrogens (tertiary/aromatic N) is 4. The number of thiophene rings is 1. The minimum atomic E-state index is -4.42. The van der Waals surface area contributed by atoms with Crippen molar-refractivity contribution < 1.29 is 23.0 Å². The molecule has 0 saturated heterocycles. The SMILES string of the molecule is Cc1nc(N2Cc3ccc(OCC4CC4)cc3C(O)C2)nc(=O)n1Cc1ccc(C(F)(F)F)s1. The van der Waals surface area contributed by atoms with Crippen molar-refractivity contribution in [3.05, 3.63) is 67.5 Å². The first-order chi connectivity index (χ1) is 16.2. The fraction of sp³-hybridized carbons (Fsp3) is 0.435. The van der Waals surface area contributed by atoms with Crippen molar-refractivity contribution in [2.75, 3.05) is 18.1 Å². The highest BCUT2D eigenvalue weighted by molar-refractivity contribution is 7.12. The standard InChI is InChI=1S/C23H23F3N4O3S/c1-13-27-21(28-22(32)30(13)10-17-6-7-20(34-17)23(24,25)26)29-9-15-4-5-16(33-12-14-2-3-14)8-18(15)19(31)11-29/h4-8,14,19,31H,2-3,9-12H2,1H3. The van der Waals surface area contributed by atoms with E-state index >= 15 is 0 Å². The molecule has 5 rings (SSSR count). The number of anilines is 1. The van der Waals surface area contributed by atoms with Crippen molar-refractivity contribution in [2.24, 2.45) is 5.92 Å². The summed E-state index contributed by atoms with van der Waals surface area (Å²) in [6.07, 6.45) is -2.82. The van der Waals surface area contributed by atoms with Crippen LogP contribution < -0.4 is 15.3 Å². The lowest BCUT2D eigenvalue weighted by Gasteiger charge is -2.32. The number of rotatable bonds is 6. The van der Waals surface area contributed by atoms with E-state index in [1.54, 1.807) is 11.8 Å². The van der Waals surface area contributed by atoms with Crippen molar-refractivity contribution in [1.29, 1.82) is 0 Å². The van der Waals surface area contributed by atoms with Crippen molar-refractivity contribution in [3.63, 3.8) is 0 Å². The number of alkyl halides is 3. The van der Waals surface area contributed by atoms with Gasteiger partial charge in [0.2, 0.25) is 5.95 Å². The Balaban J connectivity index is 1.33. The molecule has 1 unspecified atom stereocenters. The highest BCUT2D eigenvalue weighted by Gasteiger charge is 2.32. The van der Waals surface area contributed by atoms with E-state index in [0.29, 0.717) is 41.1 Å². The molecule has 2 aliphatic rings. The van der Waals surface area contributed by atoms with E-state index in [9.17, 15) is 23.1 Å². The number of benzene rings is 1. The number of aryl methyl sites for hydroxylation is 1. The number of halogens is 3. The molecule has 34 heavy (non-hydrogen) atoms. The molecule has 1 aliphatic carbocycles. The molecule has 0 radical (unpaired) electrons. The van der Waals surface area contributed by atoms with E-state index in [2.05, 4.69) is 9.97 Å². The summed E-state index contributed by atoms with van der Waals surface area (Å²) in [4.78, 5) is 22.6. The van der Waals surface area contributed by atoms with E-state index in [0.717, 1.165) is 22.9 Å². The van der Waals surface area contributed by atoms with Crippen LogP contribution in [0.3, 0.4) is 0 Å². The lowest BCUT2D eigenvalue weighted by atomic mass is 9.97. The number of hydrogen-bond acceptors (Lipinski definition) is 7. The summed E-state index contributed by atoms with van der Waals surface area (Å²) in [5.74, 6) is 1.88. The van der Waals surface area contributed by atoms with Gasteiger partial charge in [-0.1, -0.05) is 6.07 Å². The number of ether oxygens (including phenoxy) is 1. The summed E-state index contributed by atoms with van der Waals surface area (Å²) >= 11 is 0.592. The Kier molecular flexibility index (Phi) is 5.85. The predicted octanol–water partition coefficient (Wildman–Crippen LogP) is 3.92. The first-order valence-corrected chi connectivity index (χ1v) is 11.8. The molecular formula is C23H23F3N4O3S. The number of aliphatic hydroxyl groups is 1. The van der Waals surface area contributed by atoms with Crippen LogP contribution in [0.1, 0.15) is 45.7 Å². The molecule has 1 atom stereocenters. The van der Waals surface area contributed by atoms with Gasteiger partial charge in [-0.25, -0.2) is 4.79 Å². The molecule has 1 saturated carbocycles. The van der Waals surface area contributed by atoms with E-state index < -0.39 is 22.8 Å². The van der Waals surface area contributed by atoms with Crippen LogP contribution in [0.5, 0.6) is 5.75 Å². The Bertz CT molecular complexity index is 1270. The van der Waals surface area contributed by atoms with Crippen molar-refractivity contribution >= 4 is 17.3 Å². The number of aromatic nitrogens is 3. The Morgan fingerprint density at radius 1 is 1.21 bits per heavy atom. The highest BCUT2D eigenvalue weighted by Crippen LogP contribution is 2.35. The molecule has 3 heterocycles. The fourth-order valence-corrected chi connectivity index (χ4v) is 4.82. The van der Waals surface area contributed by atoms with E-state index in [1.807, 2.05) is 18.2 Å². The molecule has 11 heteroatoms. The monoisotopic (exact) mass is 492 g/mol. The third-order valence-electron chi connectivity index (χ3n) is 6.03. The molecule has 180 valence electrons. The maximum Gasteiger partial charge on any atom is 0.425 e. The Labute approximate surface area is 197 Å². The molecule has 1 aromatic carbocycles. The van der Waals surface area contributed by atoms with Gasteiger partial charge >= 0.3 is 11.9 Å². The van der Waals surface area contributed by atoms with Crippen LogP contribution in [-0.2, 0) is 19.3 Å². The van der Waals surface area contributed by atoms with Gasteiger partial charge in [-0.05, 0) is 61.1 Å². The number of fused-ring (bicyclic) bond motifs is 1. The average Bonchev–Trinajstić information content (AvgIpc) is 3.48. The molecule has 0 spiro atoms. The van der Waals surface area contributed by atoms with E-state index in [4.69, 9.17) is 4.74 Å². The molecule has 1 fully saturated rings. The van der Waals surface area contributed by atoms with E-state index in [-0.39, 0.29) is 19.0 Å². The topological polar surface area (TPSA) is 80.5 Å². The minimum absolute atomic E-state index is 0.0409. The fourth-order valence-electron chi connectivity index (χ4n) is 3.95. The van der Waals surface area contributed by atoms with Crippen LogP contribution in [-0.4, -0.2) is 32.8 Å². The maximum absolute atomic E-state index is 12.9. The highest BCUT2D eigenvalue weighted by atomic mass is 32.1. The molecule has 1 N–H and O–H groups in total. The predicted molar refractivity (Wildman–Crippen MR) is 120 cm³/mol. The third kappa shape index (κ3) is 4.80. The van der Waals surface area contributed by atoms with E-state index in [1.165, 1.54) is 23.5 Å². The summed E-state index contributed by atoms with van der Waals surface area (Å²) in [6, 6.07) is 7.99. The van der Waals surface area contributed by atoms with Crippen molar-refractivity contribution in [3.8, 4) is 5.75 Å². The lowest BCUT2D eigenvalue weighted by Crippen LogP contribution is -2.38. The quantitative estimate of drug-likeness (QED) is 0.562. The van der Waals surface area contributed by atoms with Crippen LogP contribution in [0.4, 0.5) is 19.1 Å². The summed E-state index contributed by atoms with van der Waals surface area (Å²) in [7, 11) is 0. The number of hydrogen-bond donors (Lipinski definition) is 1. The van der Waals surface area contributed by atoms with Gasteiger partial charge in [-0.15, -0.1) is 11.3 Å². The average molecular weight is 493 g/mol. The molecule has 0 amide bonds. The zero-order chi connectivity index (χ0) is 24.0. The van der Waals surface area contributed by atoms with Gasteiger partial charge in [0.25, 0.3) is 0 Å². The maximum atomic E-state index is 12.9. The molecule has 2 aromatic heterocycles. The Morgan fingerprint density at radius 3 is 2.68 bits per heavy atom. The lowest BCUT2D eigenvalue weighted by molar-refractivity contribution is -0.134. The largest absolute Gasteiger partial charge is 0.493 e. The smallest absolute Gasteiger partial charge is 0.425 e. The molecule has 3 aromatic rings. The number of β-amino-alcohol motifs (C(OH)–C–C–N with tert-alkyl or cyclic N) is 1. The summed E-state index contributed by atoms with van der Waals surface area (Å²) < 4.78 is 45.7. The van der Waals surface area contributed by atoms with Gasteiger partial charge in [0.15, 0.2) is 0 Å². The van der Waals surface area contributed by atoms with Gasteiger partial charge in [-0.2, -0.15) is 23.1 Å². The molecule has 1 aliphatic heterocycles.